The van der Waals surface area contributed by atoms with Crippen molar-refractivity contribution in [3.05, 3.63) is 65.5 Å². The third kappa shape index (κ3) is 3.35. The molecule has 26 heavy (non-hydrogen) atoms. The van der Waals surface area contributed by atoms with Crippen molar-refractivity contribution < 1.29 is 9.53 Å². The fourth-order valence-corrected chi connectivity index (χ4v) is 2.89. The summed E-state index contributed by atoms with van der Waals surface area (Å²) in [6.07, 6.45) is 3.24. The van der Waals surface area contributed by atoms with E-state index in [9.17, 15) is 4.79 Å². The van der Waals surface area contributed by atoms with Gasteiger partial charge in [0.1, 0.15) is 0 Å². The number of benzene rings is 1. The van der Waals surface area contributed by atoms with Crippen LogP contribution in [-0.4, -0.2) is 22.1 Å². The third-order valence-corrected chi connectivity index (χ3v) is 4.17. The molecule has 2 heterocycles. The fraction of sp³-hybridized carbons (Fsp3) is 0.190. The Bertz CT molecular complexity index is 1040. The minimum atomic E-state index is -0.358. The van der Waals surface area contributed by atoms with Crippen molar-refractivity contribution in [3.63, 3.8) is 0 Å². The van der Waals surface area contributed by atoms with Crippen LogP contribution in [0.2, 0.25) is 0 Å². The molecule has 0 aliphatic carbocycles. The zero-order valence-electron chi connectivity index (χ0n) is 15.0. The van der Waals surface area contributed by atoms with Crippen LogP contribution in [0.3, 0.4) is 0 Å². The first-order valence-corrected chi connectivity index (χ1v) is 8.37. The Morgan fingerprint density at radius 3 is 2.69 bits per heavy atom. The number of pyridine rings is 1. The van der Waals surface area contributed by atoms with Gasteiger partial charge in [-0.1, -0.05) is 0 Å². The number of aryl methyl sites for hydroxylation is 1. The molecule has 0 atom stereocenters. The van der Waals surface area contributed by atoms with Crippen LogP contribution in [-0.2, 0) is 9.53 Å². The largest absolute Gasteiger partial charge is 0.463 e. The Labute approximate surface area is 152 Å². The summed E-state index contributed by atoms with van der Waals surface area (Å²) in [5, 5.41) is 8.98. The van der Waals surface area contributed by atoms with Crippen molar-refractivity contribution in [1.82, 2.24) is 9.55 Å². The van der Waals surface area contributed by atoms with Gasteiger partial charge in [-0.2, -0.15) is 5.26 Å². The summed E-state index contributed by atoms with van der Waals surface area (Å²) in [7, 11) is 0. The van der Waals surface area contributed by atoms with Crippen molar-refractivity contribution in [1.29, 1.82) is 5.26 Å². The molecule has 0 saturated heterocycles. The predicted molar refractivity (Wildman–Crippen MR) is 101 cm³/mol. The normalized spacial score (nSPS) is 11.4. The van der Waals surface area contributed by atoms with Gasteiger partial charge in [-0.15, -0.1) is 0 Å². The van der Waals surface area contributed by atoms with E-state index in [4.69, 9.17) is 10.00 Å². The standard InChI is InChI=1S/C21H19N3O2/c1-4-26-21(25)9-14(2)17-11-20-19(23-13-17)10-15(3)24(20)18-7-5-16(12-22)6-8-18/h5-11,13H,4H2,1-3H3. The van der Waals surface area contributed by atoms with Gasteiger partial charge in [0.2, 0.25) is 0 Å². The lowest BCUT2D eigenvalue weighted by Crippen LogP contribution is -2.00. The number of carbonyl (C=O) groups is 1. The predicted octanol–water partition coefficient (Wildman–Crippen LogP) is 4.17. The molecule has 0 fully saturated rings. The van der Waals surface area contributed by atoms with E-state index >= 15 is 0 Å². The lowest BCUT2D eigenvalue weighted by molar-refractivity contribution is -0.137. The van der Waals surface area contributed by atoms with E-state index in [-0.39, 0.29) is 5.97 Å². The minimum absolute atomic E-state index is 0.348. The lowest BCUT2D eigenvalue weighted by atomic mass is 10.1. The van der Waals surface area contributed by atoms with E-state index in [1.54, 1.807) is 25.3 Å². The number of nitrogens with zero attached hydrogens (tertiary/aromatic N) is 3. The highest BCUT2D eigenvalue weighted by Gasteiger charge is 2.11. The molecular weight excluding hydrogens is 326 g/mol. The number of nitriles is 1. The number of rotatable bonds is 4. The number of aromatic nitrogens is 2. The molecule has 0 spiro atoms. The Balaban J connectivity index is 2.09. The highest BCUT2D eigenvalue weighted by molar-refractivity contribution is 5.92. The maximum absolute atomic E-state index is 11.7. The van der Waals surface area contributed by atoms with Crippen LogP contribution >= 0.6 is 0 Å². The lowest BCUT2D eigenvalue weighted by Gasteiger charge is -2.09. The number of ether oxygens (including phenoxy) is 1. The zero-order chi connectivity index (χ0) is 18.7. The minimum Gasteiger partial charge on any atom is -0.463 e. The van der Waals surface area contributed by atoms with Crippen molar-refractivity contribution in [2.45, 2.75) is 20.8 Å². The number of fused-ring (bicyclic) bond motifs is 1. The summed E-state index contributed by atoms with van der Waals surface area (Å²) in [6, 6.07) is 13.6. The summed E-state index contributed by atoms with van der Waals surface area (Å²) >= 11 is 0. The van der Waals surface area contributed by atoms with Crippen LogP contribution in [0.1, 0.15) is 30.7 Å². The second-order valence-electron chi connectivity index (χ2n) is 5.99. The van der Waals surface area contributed by atoms with Crippen LogP contribution in [0.4, 0.5) is 0 Å². The highest BCUT2D eigenvalue weighted by atomic mass is 16.5. The van der Waals surface area contributed by atoms with E-state index in [0.717, 1.165) is 33.6 Å². The maximum Gasteiger partial charge on any atom is 0.331 e. The van der Waals surface area contributed by atoms with Gasteiger partial charge in [0, 0.05) is 23.7 Å². The average molecular weight is 345 g/mol. The second kappa shape index (κ2) is 7.24. The summed E-state index contributed by atoms with van der Waals surface area (Å²) in [4.78, 5) is 16.2. The number of hydrogen-bond donors (Lipinski definition) is 0. The van der Waals surface area contributed by atoms with Crippen LogP contribution < -0.4 is 0 Å². The Kier molecular flexibility index (Phi) is 4.85. The number of allylic oxidation sites excluding steroid dienone is 1. The molecule has 2 aromatic heterocycles. The van der Waals surface area contributed by atoms with Gasteiger partial charge in [-0.05, 0) is 68.3 Å². The molecule has 1 aromatic carbocycles. The van der Waals surface area contributed by atoms with E-state index in [1.165, 1.54) is 6.08 Å². The Morgan fingerprint density at radius 1 is 1.31 bits per heavy atom. The average Bonchev–Trinajstić information content (AvgIpc) is 2.96. The molecule has 0 bridgehead atoms. The SMILES string of the molecule is CCOC(=O)C=C(C)c1cnc2cc(C)n(-c3ccc(C#N)cc3)c2c1. The molecule has 0 unspecified atom stereocenters. The van der Waals surface area contributed by atoms with E-state index in [2.05, 4.69) is 15.6 Å². The molecule has 0 amide bonds. The number of esters is 1. The maximum atomic E-state index is 11.7. The number of carbonyl (C=O) groups excluding carboxylic acids is 1. The quantitative estimate of drug-likeness (QED) is 0.526. The molecule has 5 heteroatoms. The topological polar surface area (TPSA) is 67.9 Å². The smallest absolute Gasteiger partial charge is 0.331 e. The highest BCUT2D eigenvalue weighted by Crippen LogP contribution is 2.26. The first-order chi connectivity index (χ1) is 12.5. The molecule has 0 radical (unpaired) electrons. The van der Waals surface area contributed by atoms with Crippen molar-refractivity contribution in [2.75, 3.05) is 6.61 Å². The Hall–Kier alpha value is -3.39. The van der Waals surface area contributed by atoms with Gasteiger partial charge < -0.3 is 9.30 Å². The molecule has 3 rings (SSSR count). The van der Waals surface area contributed by atoms with Gasteiger partial charge >= 0.3 is 5.97 Å². The van der Waals surface area contributed by atoms with E-state index < -0.39 is 0 Å². The molecule has 5 nitrogen and oxygen atoms in total. The molecular formula is C21H19N3O2. The van der Waals surface area contributed by atoms with Gasteiger partial charge in [-0.3, -0.25) is 4.98 Å². The molecule has 0 N–H and O–H groups in total. The summed E-state index contributed by atoms with van der Waals surface area (Å²) < 4.78 is 7.06. The first kappa shape index (κ1) is 17.4. The van der Waals surface area contributed by atoms with Gasteiger partial charge in [0.15, 0.2) is 0 Å². The molecule has 0 saturated carbocycles. The summed E-state index contributed by atoms with van der Waals surface area (Å²) in [5.41, 5.74) is 6.10. The fourth-order valence-electron chi connectivity index (χ4n) is 2.89. The van der Waals surface area contributed by atoms with Crippen molar-refractivity contribution in [3.8, 4) is 11.8 Å². The number of hydrogen-bond acceptors (Lipinski definition) is 4. The zero-order valence-corrected chi connectivity index (χ0v) is 15.0. The molecule has 0 aliphatic rings. The van der Waals surface area contributed by atoms with Crippen molar-refractivity contribution in [2.24, 2.45) is 0 Å². The summed E-state index contributed by atoms with van der Waals surface area (Å²) in [5.74, 6) is -0.358. The van der Waals surface area contributed by atoms with E-state index in [1.807, 2.05) is 38.1 Å². The van der Waals surface area contributed by atoms with Gasteiger partial charge in [0.25, 0.3) is 0 Å². The second-order valence-corrected chi connectivity index (χ2v) is 5.99. The summed E-state index contributed by atoms with van der Waals surface area (Å²) in [6.45, 7) is 6.01. The monoisotopic (exact) mass is 345 g/mol. The molecule has 3 aromatic rings. The van der Waals surface area contributed by atoms with Crippen LogP contribution in [0.25, 0.3) is 22.3 Å². The molecule has 0 aliphatic heterocycles. The van der Waals surface area contributed by atoms with Crippen LogP contribution in [0, 0.1) is 18.3 Å². The van der Waals surface area contributed by atoms with Crippen LogP contribution in [0.5, 0.6) is 0 Å². The van der Waals surface area contributed by atoms with Gasteiger partial charge in [-0.25, -0.2) is 4.79 Å². The van der Waals surface area contributed by atoms with Gasteiger partial charge in [0.05, 0.1) is 29.3 Å². The van der Waals surface area contributed by atoms with Crippen molar-refractivity contribution >= 4 is 22.6 Å². The third-order valence-electron chi connectivity index (χ3n) is 4.17. The molecule has 130 valence electrons. The van der Waals surface area contributed by atoms with E-state index in [0.29, 0.717) is 12.2 Å². The first-order valence-electron chi connectivity index (χ1n) is 8.37. The van der Waals surface area contributed by atoms with Crippen LogP contribution in [0.15, 0.2) is 48.7 Å². The Morgan fingerprint density at radius 2 is 2.04 bits per heavy atom.